The van der Waals surface area contributed by atoms with E-state index in [1.807, 2.05) is 0 Å². The molecule has 9 heteroatoms. The van der Waals surface area contributed by atoms with E-state index in [4.69, 9.17) is 16.7 Å². The lowest BCUT2D eigenvalue weighted by atomic mass is 10.1. The number of hydrogen-bond donors (Lipinski definition) is 2. The number of unbranched alkanes of at least 4 members (excludes halogenated alkanes) is 1. The lowest BCUT2D eigenvalue weighted by Gasteiger charge is -2.10. The van der Waals surface area contributed by atoms with E-state index in [9.17, 15) is 13.2 Å². The van der Waals surface area contributed by atoms with Crippen LogP contribution in [0.5, 0.6) is 0 Å². The molecule has 0 amide bonds. The standard InChI is InChI=1S/C19H15ClN2O4S2/c20-14-6-8-16(13(10-14)4-2-1-3-5-19(23)24)22-28(25,26)15-7-9-17-18(11-15)27-12-21-17/h6-12,22H,1,3,5H2,(H,23,24). The molecular weight excluding hydrogens is 420 g/mol. The zero-order chi connectivity index (χ0) is 20.1. The first-order valence-electron chi connectivity index (χ1n) is 8.21. The van der Waals surface area contributed by atoms with Crippen molar-refractivity contribution in [1.29, 1.82) is 0 Å². The summed E-state index contributed by atoms with van der Waals surface area (Å²) in [6.07, 6.45) is 0.829. The molecule has 0 aliphatic carbocycles. The summed E-state index contributed by atoms with van der Waals surface area (Å²) in [7, 11) is -3.82. The second-order valence-corrected chi connectivity index (χ2v) is 8.83. The fraction of sp³-hybridized carbons (Fsp3) is 0.158. The van der Waals surface area contributed by atoms with Gasteiger partial charge in [0.15, 0.2) is 0 Å². The van der Waals surface area contributed by atoms with Crippen LogP contribution in [0.1, 0.15) is 24.8 Å². The van der Waals surface area contributed by atoms with E-state index in [0.29, 0.717) is 29.1 Å². The maximum Gasteiger partial charge on any atom is 0.303 e. The van der Waals surface area contributed by atoms with Crippen molar-refractivity contribution < 1.29 is 18.3 Å². The Bertz CT molecular complexity index is 1190. The van der Waals surface area contributed by atoms with Gasteiger partial charge < -0.3 is 5.11 Å². The number of anilines is 1. The molecule has 0 atom stereocenters. The summed E-state index contributed by atoms with van der Waals surface area (Å²) in [4.78, 5) is 14.8. The van der Waals surface area contributed by atoms with Crippen molar-refractivity contribution in [3.05, 3.63) is 52.5 Å². The van der Waals surface area contributed by atoms with Crippen molar-refractivity contribution in [2.75, 3.05) is 4.72 Å². The van der Waals surface area contributed by atoms with E-state index in [-0.39, 0.29) is 11.3 Å². The van der Waals surface area contributed by atoms with Crippen molar-refractivity contribution in [2.24, 2.45) is 0 Å². The van der Waals surface area contributed by atoms with Crippen LogP contribution in [-0.2, 0) is 14.8 Å². The van der Waals surface area contributed by atoms with Gasteiger partial charge in [0.2, 0.25) is 0 Å². The molecule has 2 N–H and O–H groups in total. The number of sulfonamides is 1. The molecule has 0 unspecified atom stereocenters. The average Bonchev–Trinajstić information content (AvgIpc) is 3.11. The van der Waals surface area contributed by atoms with Crippen LogP contribution in [0.3, 0.4) is 0 Å². The molecule has 3 rings (SSSR count). The molecule has 1 heterocycles. The van der Waals surface area contributed by atoms with Gasteiger partial charge in [-0.3, -0.25) is 9.52 Å². The van der Waals surface area contributed by atoms with Gasteiger partial charge in [0.1, 0.15) is 0 Å². The molecule has 0 spiro atoms. The van der Waals surface area contributed by atoms with Crippen LogP contribution < -0.4 is 4.72 Å². The third kappa shape index (κ3) is 5.01. The van der Waals surface area contributed by atoms with Crippen LogP contribution in [-0.4, -0.2) is 24.5 Å². The lowest BCUT2D eigenvalue weighted by Crippen LogP contribution is -2.13. The highest BCUT2D eigenvalue weighted by atomic mass is 35.5. The Kier molecular flexibility index (Phi) is 6.19. The minimum absolute atomic E-state index is 0.0315. The Morgan fingerprint density at radius 1 is 1.25 bits per heavy atom. The molecule has 0 saturated carbocycles. The van der Waals surface area contributed by atoms with Crippen molar-refractivity contribution >= 4 is 54.8 Å². The topological polar surface area (TPSA) is 96.4 Å². The summed E-state index contributed by atoms with van der Waals surface area (Å²) in [6, 6.07) is 9.41. The Morgan fingerprint density at radius 2 is 2.07 bits per heavy atom. The Morgan fingerprint density at radius 3 is 2.86 bits per heavy atom. The van der Waals surface area contributed by atoms with Crippen LogP contribution in [0.15, 0.2) is 46.8 Å². The van der Waals surface area contributed by atoms with Gasteiger partial charge in [-0.2, -0.15) is 0 Å². The highest BCUT2D eigenvalue weighted by Crippen LogP contribution is 2.26. The first-order chi connectivity index (χ1) is 13.3. The fourth-order valence-corrected chi connectivity index (χ4v) is 4.47. The molecule has 0 radical (unpaired) electrons. The Labute approximate surface area is 171 Å². The van der Waals surface area contributed by atoms with Crippen LogP contribution in [0.2, 0.25) is 5.02 Å². The van der Waals surface area contributed by atoms with Gasteiger partial charge in [-0.1, -0.05) is 23.4 Å². The Balaban J connectivity index is 1.84. The molecule has 144 valence electrons. The largest absolute Gasteiger partial charge is 0.481 e. The first-order valence-corrected chi connectivity index (χ1v) is 11.0. The molecule has 0 aliphatic rings. The molecule has 1 aromatic heterocycles. The van der Waals surface area contributed by atoms with Crippen LogP contribution >= 0.6 is 22.9 Å². The summed E-state index contributed by atoms with van der Waals surface area (Å²) in [5.41, 5.74) is 3.12. The molecule has 0 fully saturated rings. The number of fused-ring (bicyclic) bond motifs is 1. The normalized spacial score (nSPS) is 11.0. The van der Waals surface area contributed by atoms with Crippen LogP contribution in [0.25, 0.3) is 10.2 Å². The van der Waals surface area contributed by atoms with Gasteiger partial charge in [0, 0.05) is 17.9 Å². The number of nitrogens with one attached hydrogen (secondary N) is 1. The maximum atomic E-state index is 12.8. The summed E-state index contributed by atoms with van der Waals surface area (Å²) in [5.74, 6) is 4.84. The summed E-state index contributed by atoms with van der Waals surface area (Å²) in [5, 5.41) is 9.07. The summed E-state index contributed by atoms with van der Waals surface area (Å²) >= 11 is 7.37. The number of halogens is 1. The van der Waals surface area contributed by atoms with E-state index in [2.05, 4.69) is 21.5 Å². The monoisotopic (exact) mass is 434 g/mol. The fourth-order valence-electron chi connectivity index (χ4n) is 2.40. The molecule has 0 aliphatic heterocycles. The second-order valence-electron chi connectivity index (χ2n) is 5.83. The van der Waals surface area contributed by atoms with Crippen molar-refractivity contribution in [3.63, 3.8) is 0 Å². The molecule has 0 bridgehead atoms. The van der Waals surface area contributed by atoms with Gasteiger partial charge in [0.25, 0.3) is 10.0 Å². The quantitative estimate of drug-likeness (QED) is 0.444. The SMILES string of the molecule is O=C(O)CCCC#Cc1cc(Cl)ccc1NS(=O)(=O)c1ccc2ncsc2c1. The Hall–Kier alpha value is -2.60. The number of aliphatic carboxylic acids is 1. The van der Waals surface area contributed by atoms with Gasteiger partial charge in [-0.25, -0.2) is 13.4 Å². The third-order valence-electron chi connectivity index (χ3n) is 3.75. The predicted octanol–water partition coefficient (Wildman–Crippen LogP) is 4.36. The summed E-state index contributed by atoms with van der Waals surface area (Å²) < 4.78 is 28.9. The van der Waals surface area contributed by atoms with Crippen molar-refractivity contribution in [1.82, 2.24) is 4.98 Å². The summed E-state index contributed by atoms with van der Waals surface area (Å²) in [6.45, 7) is 0. The van der Waals surface area contributed by atoms with Crippen molar-refractivity contribution in [2.45, 2.75) is 24.2 Å². The van der Waals surface area contributed by atoms with Crippen LogP contribution in [0.4, 0.5) is 5.69 Å². The van der Waals surface area contributed by atoms with E-state index in [0.717, 1.165) is 10.2 Å². The highest BCUT2D eigenvalue weighted by molar-refractivity contribution is 7.92. The van der Waals surface area contributed by atoms with Crippen LogP contribution in [0, 0.1) is 11.8 Å². The molecule has 6 nitrogen and oxygen atoms in total. The number of thiazole rings is 1. The van der Waals surface area contributed by atoms with Gasteiger partial charge in [-0.05, 0) is 42.8 Å². The number of benzene rings is 2. The van der Waals surface area contributed by atoms with E-state index in [1.54, 1.807) is 35.8 Å². The number of carbonyl (C=O) groups is 1. The minimum atomic E-state index is -3.82. The predicted molar refractivity (Wildman–Crippen MR) is 110 cm³/mol. The zero-order valence-electron chi connectivity index (χ0n) is 14.5. The molecule has 2 aromatic carbocycles. The number of nitrogens with zero attached hydrogens (tertiary/aromatic N) is 1. The number of carboxylic acid groups (broad SMARTS) is 1. The molecule has 28 heavy (non-hydrogen) atoms. The molecular formula is C19H15ClN2O4S2. The number of hydrogen-bond acceptors (Lipinski definition) is 5. The molecule has 0 saturated heterocycles. The maximum absolute atomic E-state index is 12.8. The van der Waals surface area contributed by atoms with E-state index in [1.165, 1.54) is 17.4 Å². The smallest absolute Gasteiger partial charge is 0.303 e. The van der Waals surface area contributed by atoms with E-state index >= 15 is 0 Å². The second kappa shape index (κ2) is 8.61. The minimum Gasteiger partial charge on any atom is -0.481 e. The number of rotatable bonds is 6. The first kappa shape index (κ1) is 20.1. The lowest BCUT2D eigenvalue weighted by molar-refractivity contribution is -0.137. The van der Waals surface area contributed by atoms with Gasteiger partial charge >= 0.3 is 5.97 Å². The third-order valence-corrected chi connectivity index (χ3v) is 6.14. The zero-order valence-corrected chi connectivity index (χ0v) is 16.9. The number of aromatic nitrogens is 1. The molecule has 3 aromatic rings. The van der Waals surface area contributed by atoms with Gasteiger partial charge in [0.05, 0.1) is 31.9 Å². The van der Waals surface area contributed by atoms with E-state index < -0.39 is 16.0 Å². The average molecular weight is 435 g/mol. The highest BCUT2D eigenvalue weighted by Gasteiger charge is 2.17. The van der Waals surface area contributed by atoms with Gasteiger partial charge in [-0.15, -0.1) is 11.3 Å². The van der Waals surface area contributed by atoms with Crippen molar-refractivity contribution in [3.8, 4) is 11.8 Å². The number of carboxylic acids is 1.